The van der Waals surface area contributed by atoms with Crippen LogP contribution in [0, 0.1) is 6.92 Å². The Hall–Kier alpha value is -2.12. The van der Waals surface area contributed by atoms with Gasteiger partial charge in [-0.3, -0.25) is 4.79 Å². The Morgan fingerprint density at radius 3 is 2.56 bits per heavy atom. The maximum Gasteiger partial charge on any atom is 0.322 e. The Bertz CT molecular complexity index is 643. The molecular weight excluding hydrogens is 322 g/mol. The molecule has 136 valence electrons. The second-order valence-electron chi connectivity index (χ2n) is 6.49. The summed E-state index contributed by atoms with van der Waals surface area (Å²) in [5.41, 5.74) is 2.18. The minimum Gasteiger partial charge on any atom is -0.378 e. The smallest absolute Gasteiger partial charge is 0.322 e. The molecule has 0 radical (unpaired) electrons. The van der Waals surface area contributed by atoms with E-state index >= 15 is 0 Å². The van der Waals surface area contributed by atoms with Crippen LogP contribution in [0.3, 0.4) is 0 Å². The van der Waals surface area contributed by atoms with E-state index in [1.165, 1.54) is 0 Å². The van der Waals surface area contributed by atoms with Crippen molar-refractivity contribution >= 4 is 17.6 Å². The lowest BCUT2D eigenvalue weighted by Crippen LogP contribution is -2.46. The van der Waals surface area contributed by atoms with Crippen molar-refractivity contribution in [2.45, 2.75) is 20.0 Å². The average Bonchev–Trinajstić information content (AvgIpc) is 2.63. The Labute approximate surface area is 147 Å². The standard InChI is InChI=1S/C18H25N3O4/c1-13-3-4-15(17(22)20-5-8-24-9-6-20)11-16(13)19-18(23)21-7-10-25-14(2)12-21/h3-4,11,14H,5-10,12H2,1-2H3,(H,19,23). The summed E-state index contributed by atoms with van der Waals surface area (Å²) in [7, 11) is 0. The summed E-state index contributed by atoms with van der Waals surface area (Å²) >= 11 is 0. The van der Waals surface area contributed by atoms with Gasteiger partial charge in [-0.05, 0) is 31.5 Å². The first-order valence-corrected chi connectivity index (χ1v) is 8.70. The maximum atomic E-state index is 12.6. The highest BCUT2D eigenvalue weighted by Gasteiger charge is 2.23. The lowest BCUT2D eigenvalue weighted by Gasteiger charge is -2.31. The number of benzene rings is 1. The molecule has 1 atom stereocenters. The van der Waals surface area contributed by atoms with Crippen molar-refractivity contribution in [2.75, 3.05) is 51.3 Å². The number of anilines is 1. The number of carbonyl (C=O) groups is 2. The number of hydrogen-bond donors (Lipinski definition) is 1. The second kappa shape index (κ2) is 7.84. The largest absolute Gasteiger partial charge is 0.378 e. The number of morpholine rings is 2. The zero-order valence-electron chi connectivity index (χ0n) is 14.8. The van der Waals surface area contributed by atoms with E-state index < -0.39 is 0 Å². The average molecular weight is 347 g/mol. The van der Waals surface area contributed by atoms with E-state index in [9.17, 15) is 9.59 Å². The Morgan fingerprint density at radius 2 is 1.84 bits per heavy atom. The van der Waals surface area contributed by atoms with Crippen molar-refractivity contribution in [3.8, 4) is 0 Å². The summed E-state index contributed by atoms with van der Waals surface area (Å²) in [6.07, 6.45) is 0.0369. The van der Waals surface area contributed by atoms with Crippen LogP contribution in [-0.4, -0.2) is 73.8 Å². The molecule has 2 aliphatic rings. The van der Waals surface area contributed by atoms with Crippen molar-refractivity contribution in [1.29, 1.82) is 0 Å². The zero-order chi connectivity index (χ0) is 17.8. The van der Waals surface area contributed by atoms with Gasteiger partial charge in [0.15, 0.2) is 0 Å². The fourth-order valence-corrected chi connectivity index (χ4v) is 3.04. The van der Waals surface area contributed by atoms with E-state index in [1.807, 2.05) is 19.9 Å². The summed E-state index contributed by atoms with van der Waals surface area (Å²) < 4.78 is 10.8. The fraction of sp³-hybridized carbons (Fsp3) is 0.556. The molecule has 1 N–H and O–H groups in total. The van der Waals surface area contributed by atoms with E-state index in [1.54, 1.807) is 21.9 Å². The van der Waals surface area contributed by atoms with Gasteiger partial charge in [-0.2, -0.15) is 0 Å². The Morgan fingerprint density at radius 1 is 1.12 bits per heavy atom. The highest BCUT2D eigenvalue weighted by atomic mass is 16.5. The number of amides is 3. The van der Waals surface area contributed by atoms with Gasteiger partial charge in [0.25, 0.3) is 5.91 Å². The van der Waals surface area contributed by atoms with Gasteiger partial charge in [-0.1, -0.05) is 6.07 Å². The van der Waals surface area contributed by atoms with Crippen LogP contribution in [0.25, 0.3) is 0 Å². The molecule has 0 spiro atoms. The molecule has 2 heterocycles. The lowest BCUT2D eigenvalue weighted by atomic mass is 10.1. The normalized spacial score (nSPS) is 21.1. The fourth-order valence-electron chi connectivity index (χ4n) is 3.04. The number of rotatable bonds is 2. The van der Waals surface area contributed by atoms with Crippen LogP contribution in [0.5, 0.6) is 0 Å². The quantitative estimate of drug-likeness (QED) is 0.884. The molecular formula is C18H25N3O4. The first kappa shape index (κ1) is 17.7. The predicted octanol–water partition coefficient (Wildman–Crippen LogP) is 1.72. The molecule has 7 heteroatoms. The van der Waals surface area contributed by atoms with Gasteiger partial charge >= 0.3 is 6.03 Å². The van der Waals surface area contributed by atoms with Crippen molar-refractivity contribution in [3.05, 3.63) is 29.3 Å². The molecule has 7 nitrogen and oxygen atoms in total. The number of urea groups is 1. The predicted molar refractivity (Wildman–Crippen MR) is 93.9 cm³/mol. The summed E-state index contributed by atoms with van der Waals surface area (Å²) in [6.45, 7) is 7.88. The van der Waals surface area contributed by atoms with Gasteiger partial charge in [0.05, 0.1) is 25.9 Å². The molecule has 1 unspecified atom stereocenters. The summed E-state index contributed by atoms with van der Waals surface area (Å²) in [6, 6.07) is 5.27. The van der Waals surface area contributed by atoms with E-state index in [0.717, 1.165) is 5.56 Å². The number of nitrogens with zero attached hydrogens (tertiary/aromatic N) is 2. The number of aryl methyl sites for hydroxylation is 1. The van der Waals surface area contributed by atoms with Gasteiger partial charge in [0.1, 0.15) is 0 Å². The van der Waals surface area contributed by atoms with Crippen molar-refractivity contribution in [1.82, 2.24) is 9.80 Å². The van der Waals surface area contributed by atoms with Gasteiger partial charge in [-0.15, -0.1) is 0 Å². The number of ether oxygens (including phenoxy) is 2. The van der Waals surface area contributed by atoms with Crippen molar-refractivity contribution in [2.24, 2.45) is 0 Å². The third kappa shape index (κ3) is 4.29. The second-order valence-corrected chi connectivity index (χ2v) is 6.49. The van der Waals surface area contributed by atoms with Crippen molar-refractivity contribution in [3.63, 3.8) is 0 Å². The minimum absolute atomic E-state index is 0.0289. The van der Waals surface area contributed by atoms with Crippen LogP contribution in [0.1, 0.15) is 22.8 Å². The molecule has 1 aromatic carbocycles. The first-order chi connectivity index (χ1) is 12.0. The topological polar surface area (TPSA) is 71.1 Å². The van der Waals surface area contributed by atoms with Crippen LogP contribution in [0.2, 0.25) is 0 Å². The third-order valence-electron chi connectivity index (χ3n) is 4.55. The van der Waals surface area contributed by atoms with E-state index in [0.29, 0.717) is 57.3 Å². The SMILES string of the molecule is Cc1ccc(C(=O)N2CCOCC2)cc1NC(=O)N1CCOC(C)C1. The molecule has 2 saturated heterocycles. The number of hydrogen-bond acceptors (Lipinski definition) is 4. The first-order valence-electron chi connectivity index (χ1n) is 8.70. The molecule has 3 amide bonds. The van der Waals surface area contributed by atoms with Crippen LogP contribution >= 0.6 is 0 Å². The van der Waals surface area contributed by atoms with Gasteiger partial charge in [0.2, 0.25) is 0 Å². The maximum absolute atomic E-state index is 12.6. The van der Waals surface area contributed by atoms with Gasteiger partial charge in [-0.25, -0.2) is 4.79 Å². The van der Waals surface area contributed by atoms with Gasteiger partial charge < -0.3 is 24.6 Å². The van der Waals surface area contributed by atoms with E-state index in [2.05, 4.69) is 5.32 Å². The minimum atomic E-state index is -0.158. The molecule has 2 aliphatic heterocycles. The molecule has 0 aliphatic carbocycles. The summed E-state index contributed by atoms with van der Waals surface area (Å²) in [5, 5.41) is 2.93. The summed E-state index contributed by atoms with van der Waals surface area (Å²) in [4.78, 5) is 28.6. The van der Waals surface area contributed by atoms with Crippen LogP contribution in [-0.2, 0) is 9.47 Å². The van der Waals surface area contributed by atoms with Crippen LogP contribution < -0.4 is 5.32 Å². The molecule has 2 fully saturated rings. The van der Waals surface area contributed by atoms with E-state index in [-0.39, 0.29) is 18.0 Å². The van der Waals surface area contributed by atoms with Crippen LogP contribution in [0.15, 0.2) is 18.2 Å². The molecule has 1 aromatic rings. The number of carbonyl (C=O) groups excluding carboxylic acids is 2. The third-order valence-corrected chi connectivity index (χ3v) is 4.55. The van der Waals surface area contributed by atoms with Crippen LogP contribution in [0.4, 0.5) is 10.5 Å². The lowest BCUT2D eigenvalue weighted by molar-refractivity contribution is -0.00138. The molecule has 0 saturated carbocycles. The zero-order valence-corrected chi connectivity index (χ0v) is 14.8. The Balaban J connectivity index is 1.70. The van der Waals surface area contributed by atoms with Gasteiger partial charge in [0, 0.05) is 37.4 Å². The summed E-state index contributed by atoms with van der Waals surface area (Å²) in [5.74, 6) is -0.0289. The highest BCUT2D eigenvalue weighted by molar-refractivity contribution is 5.97. The molecule has 0 bridgehead atoms. The molecule has 25 heavy (non-hydrogen) atoms. The molecule has 0 aromatic heterocycles. The highest BCUT2D eigenvalue weighted by Crippen LogP contribution is 2.20. The number of nitrogens with one attached hydrogen (secondary N) is 1. The van der Waals surface area contributed by atoms with Crippen molar-refractivity contribution < 1.29 is 19.1 Å². The van der Waals surface area contributed by atoms with E-state index in [4.69, 9.17) is 9.47 Å². The molecule has 3 rings (SSSR count). The monoisotopic (exact) mass is 347 g/mol. The Kier molecular flexibility index (Phi) is 5.55.